The lowest BCUT2D eigenvalue weighted by molar-refractivity contribution is -0.137. The summed E-state index contributed by atoms with van der Waals surface area (Å²) in [6, 6.07) is 15.1. The van der Waals surface area contributed by atoms with Crippen molar-refractivity contribution < 1.29 is 27.5 Å². The molecule has 0 aliphatic heterocycles. The molecule has 0 radical (unpaired) electrons. The molecule has 2 N–H and O–H groups in total. The van der Waals surface area contributed by atoms with Crippen molar-refractivity contribution in [2.24, 2.45) is 0 Å². The number of hydrogen-bond donors (Lipinski definition) is 2. The van der Waals surface area contributed by atoms with E-state index >= 15 is 0 Å². The summed E-state index contributed by atoms with van der Waals surface area (Å²) in [7, 11) is 0. The monoisotopic (exact) mass is 482 g/mol. The second-order valence-corrected chi connectivity index (χ2v) is 7.33. The van der Waals surface area contributed by atoms with Gasteiger partial charge in [-0.3, -0.25) is 9.59 Å². The van der Waals surface area contributed by atoms with Crippen LogP contribution in [0.25, 0.3) is 0 Å². The number of carbonyl (C=O) groups excluding carboxylic acids is 2. The number of halogens is 5. The van der Waals surface area contributed by atoms with Crippen LogP contribution in [0.4, 0.5) is 24.5 Å². The van der Waals surface area contributed by atoms with Gasteiger partial charge in [0, 0.05) is 10.6 Å². The van der Waals surface area contributed by atoms with E-state index in [9.17, 15) is 22.8 Å². The number of carbonyl (C=O) groups is 2. The van der Waals surface area contributed by atoms with Crippen LogP contribution >= 0.6 is 23.2 Å². The van der Waals surface area contributed by atoms with Crippen LogP contribution in [0, 0.1) is 0 Å². The molecule has 0 unspecified atom stereocenters. The Balaban J connectivity index is 1.58. The third-order valence-electron chi connectivity index (χ3n) is 4.17. The molecule has 166 valence electrons. The molecular weight excluding hydrogens is 468 g/mol. The number of nitrogens with one attached hydrogen (secondary N) is 2. The largest absolute Gasteiger partial charge is 0.484 e. The minimum atomic E-state index is -4.60. The fraction of sp³-hybridized carbons (Fsp3) is 0.0909. The van der Waals surface area contributed by atoms with Gasteiger partial charge in [-0.05, 0) is 54.6 Å². The van der Waals surface area contributed by atoms with E-state index in [0.717, 1.165) is 12.1 Å². The molecule has 0 aromatic heterocycles. The van der Waals surface area contributed by atoms with Gasteiger partial charge in [-0.25, -0.2) is 0 Å². The standard InChI is InChI=1S/C22H15Cl2F3N2O3/c23-14-7-10-17(24)19(11-14)29-21(31)13-5-8-15(9-6-13)32-12-20(30)28-18-4-2-1-3-16(18)22(25,26)27/h1-11H,12H2,(H,28,30)(H,29,31). The molecule has 0 saturated heterocycles. The summed E-state index contributed by atoms with van der Waals surface area (Å²) < 4.78 is 44.3. The Bertz CT molecular complexity index is 1140. The molecule has 0 spiro atoms. The Kier molecular flexibility index (Phi) is 7.27. The van der Waals surface area contributed by atoms with Crippen molar-refractivity contribution in [2.75, 3.05) is 17.2 Å². The number of anilines is 2. The van der Waals surface area contributed by atoms with E-state index in [1.165, 1.54) is 42.5 Å². The third-order valence-corrected chi connectivity index (χ3v) is 4.73. The second kappa shape index (κ2) is 9.93. The molecule has 2 amide bonds. The molecule has 3 aromatic carbocycles. The van der Waals surface area contributed by atoms with Crippen LogP contribution in [0.15, 0.2) is 66.7 Å². The van der Waals surface area contributed by atoms with Crippen LogP contribution in [0.2, 0.25) is 10.0 Å². The lowest BCUT2D eigenvalue weighted by Gasteiger charge is -2.14. The highest BCUT2D eigenvalue weighted by Crippen LogP contribution is 2.34. The van der Waals surface area contributed by atoms with Gasteiger partial charge in [-0.2, -0.15) is 13.2 Å². The Morgan fingerprint density at radius 1 is 0.875 bits per heavy atom. The van der Waals surface area contributed by atoms with Crippen LogP contribution < -0.4 is 15.4 Å². The van der Waals surface area contributed by atoms with E-state index in [1.54, 1.807) is 12.1 Å². The minimum absolute atomic E-state index is 0.251. The average molecular weight is 483 g/mol. The lowest BCUT2D eigenvalue weighted by Crippen LogP contribution is -2.22. The topological polar surface area (TPSA) is 67.4 Å². The van der Waals surface area contributed by atoms with E-state index in [2.05, 4.69) is 10.6 Å². The summed E-state index contributed by atoms with van der Waals surface area (Å²) >= 11 is 11.9. The predicted molar refractivity (Wildman–Crippen MR) is 116 cm³/mol. The quantitative estimate of drug-likeness (QED) is 0.434. The molecule has 3 aromatic rings. The Hall–Kier alpha value is -3.23. The van der Waals surface area contributed by atoms with Crippen molar-refractivity contribution in [1.82, 2.24) is 0 Å². The highest BCUT2D eigenvalue weighted by Gasteiger charge is 2.33. The first-order valence-corrected chi connectivity index (χ1v) is 9.84. The molecule has 0 aliphatic carbocycles. The van der Waals surface area contributed by atoms with Crippen molar-refractivity contribution in [3.05, 3.63) is 87.9 Å². The summed E-state index contributed by atoms with van der Waals surface area (Å²) in [5.74, 6) is -0.956. The van der Waals surface area contributed by atoms with Crippen LogP contribution in [0.5, 0.6) is 5.75 Å². The summed E-state index contributed by atoms with van der Waals surface area (Å²) in [5, 5.41) is 5.54. The van der Waals surface area contributed by atoms with Gasteiger partial charge in [0.05, 0.1) is 22.0 Å². The molecule has 0 aliphatic rings. The molecule has 5 nitrogen and oxygen atoms in total. The maximum absolute atomic E-state index is 13.0. The first-order valence-electron chi connectivity index (χ1n) is 9.09. The second-order valence-electron chi connectivity index (χ2n) is 6.48. The van der Waals surface area contributed by atoms with Crippen LogP contribution in [0.3, 0.4) is 0 Å². The van der Waals surface area contributed by atoms with Crippen LogP contribution in [-0.4, -0.2) is 18.4 Å². The summed E-state index contributed by atoms with van der Waals surface area (Å²) in [6.45, 7) is -0.518. The van der Waals surface area contributed by atoms with Crippen molar-refractivity contribution in [3.8, 4) is 5.75 Å². The van der Waals surface area contributed by atoms with E-state index in [4.69, 9.17) is 27.9 Å². The van der Waals surface area contributed by atoms with Gasteiger partial charge in [0.1, 0.15) is 5.75 Å². The normalized spacial score (nSPS) is 11.0. The number of benzene rings is 3. The molecule has 0 saturated carbocycles. The predicted octanol–water partition coefficient (Wildman–Crippen LogP) is 6.28. The highest BCUT2D eigenvalue weighted by atomic mass is 35.5. The average Bonchev–Trinajstić information content (AvgIpc) is 2.75. The third kappa shape index (κ3) is 6.15. The van der Waals surface area contributed by atoms with Gasteiger partial charge in [0.25, 0.3) is 11.8 Å². The van der Waals surface area contributed by atoms with Crippen LogP contribution in [-0.2, 0) is 11.0 Å². The maximum atomic E-state index is 13.0. The Morgan fingerprint density at radius 3 is 2.25 bits per heavy atom. The highest BCUT2D eigenvalue weighted by molar-refractivity contribution is 6.35. The number of alkyl halides is 3. The van der Waals surface area contributed by atoms with E-state index in [1.807, 2.05) is 0 Å². The zero-order valence-electron chi connectivity index (χ0n) is 16.2. The van der Waals surface area contributed by atoms with Gasteiger partial charge in [0.2, 0.25) is 0 Å². The minimum Gasteiger partial charge on any atom is -0.484 e. The van der Waals surface area contributed by atoms with E-state index in [0.29, 0.717) is 15.7 Å². The smallest absolute Gasteiger partial charge is 0.418 e. The number of amides is 2. The Labute approximate surface area is 191 Å². The summed E-state index contributed by atoms with van der Waals surface area (Å²) in [5.41, 5.74) is -0.680. The fourth-order valence-electron chi connectivity index (χ4n) is 2.66. The molecule has 0 atom stereocenters. The van der Waals surface area contributed by atoms with Gasteiger partial charge < -0.3 is 15.4 Å². The first-order chi connectivity index (χ1) is 15.1. The number of rotatable bonds is 6. The number of ether oxygens (including phenoxy) is 1. The fourth-order valence-corrected chi connectivity index (χ4v) is 3.00. The van der Waals surface area contributed by atoms with E-state index in [-0.39, 0.29) is 17.0 Å². The Morgan fingerprint density at radius 2 is 1.56 bits per heavy atom. The molecular formula is C22H15Cl2F3N2O3. The van der Waals surface area contributed by atoms with Gasteiger partial charge >= 0.3 is 6.18 Å². The molecule has 3 rings (SSSR count). The summed E-state index contributed by atoms with van der Waals surface area (Å²) in [6.07, 6.45) is -4.60. The van der Waals surface area contributed by atoms with Crippen molar-refractivity contribution >= 4 is 46.4 Å². The molecule has 32 heavy (non-hydrogen) atoms. The zero-order chi connectivity index (χ0) is 23.3. The molecule has 0 heterocycles. The van der Waals surface area contributed by atoms with Crippen molar-refractivity contribution in [1.29, 1.82) is 0 Å². The lowest BCUT2D eigenvalue weighted by atomic mass is 10.1. The number of hydrogen-bond acceptors (Lipinski definition) is 3. The van der Waals surface area contributed by atoms with Gasteiger partial charge in [-0.1, -0.05) is 35.3 Å². The molecule has 10 heteroatoms. The van der Waals surface area contributed by atoms with E-state index < -0.39 is 30.2 Å². The van der Waals surface area contributed by atoms with Crippen molar-refractivity contribution in [2.45, 2.75) is 6.18 Å². The molecule has 0 bridgehead atoms. The summed E-state index contributed by atoms with van der Waals surface area (Å²) in [4.78, 5) is 24.4. The van der Waals surface area contributed by atoms with Crippen LogP contribution in [0.1, 0.15) is 15.9 Å². The van der Waals surface area contributed by atoms with Gasteiger partial charge in [-0.15, -0.1) is 0 Å². The number of para-hydroxylation sites is 1. The van der Waals surface area contributed by atoms with Gasteiger partial charge in [0.15, 0.2) is 6.61 Å². The molecule has 0 fully saturated rings. The SMILES string of the molecule is O=C(COc1ccc(C(=O)Nc2cc(Cl)ccc2Cl)cc1)Nc1ccccc1C(F)(F)F. The van der Waals surface area contributed by atoms with Crippen molar-refractivity contribution in [3.63, 3.8) is 0 Å². The maximum Gasteiger partial charge on any atom is 0.418 e. The first kappa shape index (κ1) is 23.4. The zero-order valence-corrected chi connectivity index (χ0v) is 17.7.